The maximum Gasteiger partial charge on any atom is 0.231 e. The Bertz CT molecular complexity index is 765. The minimum Gasteiger partial charge on any atom is -0.459 e. The molecule has 0 saturated carbocycles. The van der Waals surface area contributed by atoms with Crippen molar-refractivity contribution in [3.05, 3.63) is 41.1 Å². The third-order valence-electron chi connectivity index (χ3n) is 3.22. The largest absolute Gasteiger partial charge is 0.459 e. The second kappa shape index (κ2) is 7.34. The fourth-order valence-electron chi connectivity index (χ4n) is 1.84. The van der Waals surface area contributed by atoms with E-state index in [0.29, 0.717) is 22.2 Å². The Kier molecular flexibility index (Phi) is 5.64. The molecule has 0 bridgehead atoms. The van der Waals surface area contributed by atoms with Gasteiger partial charge < -0.3 is 20.2 Å². The molecule has 7 heteroatoms. The number of rotatable bonds is 3. The summed E-state index contributed by atoms with van der Waals surface area (Å²) in [6.45, 7) is 5.23. The SMILES string of the molecule is CC(C)(C)C(=O)NC(=S)Nc1cc(-c2ccc(CO)o2)ccc1Cl. The molecule has 0 radical (unpaired) electrons. The lowest BCUT2D eigenvalue weighted by atomic mass is 9.96. The number of halogens is 1. The number of aliphatic hydroxyl groups is 1. The molecule has 0 unspecified atom stereocenters. The van der Waals surface area contributed by atoms with Crippen LogP contribution in [0.2, 0.25) is 5.02 Å². The van der Waals surface area contributed by atoms with Crippen molar-refractivity contribution >= 4 is 40.5 Å². The maximum absolute atomic E-state index is 12.0. The summed E-state index contributed by atoms with van der Waals surface area (Å²) in [4.78, 5) is 12.0. The summed E-state index contributed by atoms with van der Waals surface area (Å²) in [5.41, 5.74) is 0.772. The molecule has 0 aliphatic carbocycles. The zero-order valence-corrected chi connectivity index (χ0v) is 15.2. The fourth-order valence-corrected chi connectivity index (χ4v) is 2.20. The van der Waals surface area contributed by atoms with Gasteiger partial charge in [-0.05, 0) is 42.5 Å². The van der Waals surface area contributed by atoms with Crippen molar-refractivity contribution in [2.75, 3.05) is 5.32 Å². The monoisotopic (exact) mass is 366 g/mol. The average Bonchev–Trinajstić information content (AvgIpc) is 2.97. The lowest BCUT2D eigenvalue weighted by Gasteiger charge is -2.19. The number of anilines is 1. The minimum absolute atomic E-state index is 0.165. The van der Waals surface area contributed by atoms with Gasteiger partial charge in [-0.15, -0.1) is 0 Å². The van der Waals surface area contributed by atoms with E-state index in [9.17, 15) is 4.79 Å². The van der Waals surface area contributed by atoms with Gasteiger partial charge in [0.05, 0.1) is 10.7 Å². The molecule has 0 saturated heterocycles. The summed E-state index contributed by atoms with van der Waals surface area (Å²) in [5.74, 6) is 0.886. The maximum atomic E-state index is 12.0. The quantitative estimate of drug-likeness (QED) is 0.717. The first-order chi connectivity index (χ1) is 11.2. The van der Waals surface area contributed by atoms with Gasteiger partial charge in [0.1, 0.15) is 18.1 Å². The molecule has 0 atom stereocenters. The number of carbonyl (C=O) groups is 1. The van der Waals surface area contributed by atoms with Crippen LogP contribution in [0.5, 0.6) is 0 Å². The van der Waals surface area contributed by atoms with Crippen LogP contribution in [-0.4, -0.2) is 16.1 Å². The molecule has 2 rings (SSSR count). The molecule has 1 amide bonds. The topological polar surface area (TPSA) is 74.5 Å². The summed E-state index contributed by atoms with van der Waals surface area (Å²) < 4.78 is 5.50. The lowest BCUT2D eigenvalue weighted by molar-refractivity contribution is -0.126. The number of hydrogen-bond acceptors (Lipinski definition) is 4. The van der Waals surface area contributed by atoms with Crippen molar-refractivity contribution in [3.8, 4) is 11.3 Å². The third-order valence-corrected chi connectivity index (χ3v) is 3.76. The van der Waals surface area contributed by atoms with Crippen LogP contribution in [0, 0.1) is 5.41 Å². The molecular formula is C17H19ClN2O3S. The summed E-state index contributed by atoms with van der Waals surface area (Å²) in [6.07, 6.45) is 0. The van der Waals surface area contributed by atoms with Crippen LogP contribution >= 0.6 is 23.8 Å². The molecule has 0 aliphatic heterocycles. The van der Waals surface area contributed by atoms with Crippen LogP contribution in [0.4, 0.5) is 5.69 Å². The first-order valence-corrected chi connectivity index (χ1v) is 8.11. The Hall–Kier alpha value is -1.89. The number of nitrogens with one attached hydrogen (secondary N) is 2. The number of hydrogen-bond donors (Lipinski definition) is 3. The summed E-state index contributed by atoms with van der Waals surface area (Å²) >= 11 is 11.3. The summed E-state index contributed by atoms with van der Waals surface area (Å²) in [7, 11) is 0. The second-order valence-corrected chi connectivity index (χ2v) is 7.09. The van der Waals surface area contributed by atoms with Crippen molar-refractivity contribution in [1.82, 2.24) is 5.32 Å². The molecule has 128 valence electrons. The van der Waals surface area contributed by atoms with Gasteiger partial charge >= 0.3 is 0 Å². The Balaban J connectivity index is 2.17. The summed E-state index contributed by atoms with van der Waals surface area (Å²) in [5, 5.41) is 15.3. The van der Waals surface area contributed by atoms with Gasteiger partial charge in [-0.25, -0.2) is 0 Å². The van der Waals surface area contributed by atoms with Crippen LogP contribution < -0.4 is 10.6 Å². The number of thiocarbonyl (C=S) groups is 1. The van der Waals surface area contributed by atoms with Gasteiger partial charge in [-0.3, -0.25) is 4.79 Å². The van der Waals surface area contributed by atoms with Gasteiger partial charge in [0, 0.05) is 11.0 Å². The highest BCUT2D eigenvalue weighted by Crippen LogP contribution is 2.30. The van der Waals surface area contributed by atoms with E-state index < -0.39 is 5.41 Å². The number of benzene rings is 1. The van der Waals surface area contributed by atoms with Gasteiger partial charge in [0.2, 0.25) is 5.91 Å². The molecular weight excluding hydrogens is 348 g/mol. The number of carbonyl (C=O) groups excluding carboxylic acids is 1. The Morgan fingerprint density at radius 2 is 2.00 bits per heavy atom. The summed E-state index contributed by atoms with van der Waals surface area (Å²) in [6, 6.07) is 8.72. The average molecular weight is 367 g/mol. The van der Waals surface area contributed by atoms with Crippen LogP contribution in [0.25, 0.3) is 11.3 Å². The van der Waals surface area contributed by atoms with E-state index in [2.05, 4.69) is 10.6 Å². The minimum atomic E-state index is -0.549. The predicted molar refractivity (Wildman–Crippen MR) is 98.9 cm³/mol. The third kappa shape index (κ3) is 4.56. The van der Waals surface area contributed by atoms with Crippen LogP contribution in [-0.2, 0) is 11.4 Å². The lowest BCUT2D eigenvalue weighted by Crippen LogP contribution is -2.41. The van der Waals surface area contributed by atoms with E-state index in [0.717, 1.165) is 5.56 Å². The number of furan rings is 1. The molecule has 1 aromatic heterocycles. The predicted octanol–water partition coefficient (Wildman–Crippen LogP) is 3.95. The van der Waals surface area contributed by atoms with Gasteiger partial charge in [0.25, 0.3) is 0 Å². The Labute approximate surface area is 151 Å². The zero-order chi connectivity index (χ0) is 17.9. The van der Waals surface area contributed by atoms with Gasteiger partial charge in [0.15, 0.2) is 5.11 Å². The van der Waals surface area contributed by atoms with Crippen LogP contribution in [0.1, 0.15) is 26.5 Å². The number of aliphatic hydroxyl groups excluding tert-OH is 1. The van der Waals surface area contributed by atoms with Crippen LogP contribution in [0.15, 0.2) is 34.7 Å². The first-order valence-electron chi connectivity index (χ1n) is 7.32. The van der Waals surface area contributed by atoms with E-state index in [1.807, 2.05) is 0 Å². The number of amides is 1. The van der Waals surface area contributed by atoms with Crippen molar-refractivity contribution in [1.29, 1.82) is 0 Å². The molecule has 2 aromatic rings. The molecule has 1 aromatic carbocycles. The smallest absolute Gasteiger partial charge is 0.231 e. The molecule has 0 spiro atoms. The molecule has 3 N–H and O–H groups in total. The standard InChI is InChI=1S/C17H19ClN2O3S/c1-17(2,3)15(22)20-16(24)19-13-8-10(4-6-12(13)18)14-7-5-11(9-21)23-14/h4-8,21H,9H2,1-3H3,(H2,19,20,22,24). The van der Waals surface area contributed by atoms with Crippen molar-refractivity contribution in [2.45, 2.75) is 27.4 Å². The van der Waals surface area contributed by atoms with Gasteiger partial charge in [-0.2, -0.15) is 0 Å². The van der Waals surface area contributed by atoms with Crippen molar-refractivity contribution in [3.63, 3.8) is 0 Å². The Morgan fingerprint density at radius 3 is 2.58 bits per heavy atom. The molecule has 24 heavy (non-hydrogen) atoms. The first kappa shape index (κ1) is 18.4. The van der Waals surface area contributed by atoms with E-state index in [4.69, 9.17) is 33.3 Å². The highest BCUT2D eigenvalue weighted by Gasteiger charge is 2.22. The van der Waals surface area contributed by atoms with Gasteiger partial charge in [-0.1, -0.05) is 32.4 Å². The van der Waals surface area contributed by atoms with Crippen molar-refractivity contribution < 1.29 is 14.3 Å². The Morgan fingerprint density at radius 1 is 1.29 bits per heavy atom. The van der Waals surface area contributed by atoms with E-state index in [1.54, 1.807) is 51.1 Å². The van der Waals surface area contributed by atoms with E-state index >= 15 is 0 Å². The van der Waals surface area contributed by atoms with Crippen molar-refractivity contribution in [2.24, 2.45) is 5.41 Å². The highest BCUT2D eigenvalue weighted by molar-refractivity contribution is 7.80. The molecule has 0 aliphatic rings. The highest BCUT2D eigenvalue weighted by atomic mass is 35.5. The molecule has 0 fully saturated rings. The van der Waals surface area contributed by atoms with Crippen LogP contribution in [0.3, 0.4) is 0 Å². The van der Waals surface area contributed by atoms with E-state index in [-0.39, 0.29) is 17.6 Å². The molecule has 5 nitrogen and oxygen atoms in total. The molecule has 1 heterocycles. The fraction of sp³-hybridized carbons (Fsp3) is 0.294. The normalized spacial score (nSPS) is 11.2. The zero-order valence-electron chi connectivity index (χ0n) is 13.6. The second-order valence-electron chi connectivity index (χ2n) is 6.28. The van der Waals surface area contributed by atoms with E-state index in [1.165, 1.54) is 0 Å².